The van der Waals surface area contributed by atoms with E-state index >= 15 is 0 Å². The Bertz CT molecular complexity index is 558. The van der Waals surface area contributed by atoms with Crippen LogP contribution < -0.4 is 4.90 Å². The molecule has 0 aliphatic carbocycles. The molecule has 2 saturated heterocycles. The first-order valence-corrected chi connectivity index (χ1v) is 6.82. The minimum atomic E-state index is -0.845. The number of anilines is 1. The van der Waals surface area contributed by atoms with Crippen LogP contribution in [0.1, 0.15) is 12.8 Å². The third-order valence-corrected chi connectivity index (χ3v) is 4.43. The Morgan fingerprint density at radius 3 is 2.48 bits per heavy atom. The van der Waals surface area contributed by atoms with Gasteiger partial charge in [0.1, 0.15) is 0 Å². The molecule has 0 unspecified atom stereocenters. The van der Waals surface area contributed by atoms with Crippen LogP contribution >= 0.6 is 0 Å². The zero-order valence-electron chi connectivity index (χ0n) is 11.4. The lowest BCUT2D eigenvalue weighted by molar-refractivity contribution is -0.389. The van der Waals surface area contributed by atoms with Gasteiger partial charge < -0.3 is 25.0 Å². The molecule has 0 atom stereocenters. The second-order valence-electron chi connectivity index (χ2n) is 5.76. The molecule has 2 aliphatic heterocycles. The fourth-order valence-electron chi connectivity index (χ4n) is 3.13. The molecule has 1 aromatic heterocycles. The van der Waals surface area contributed by atoms with Gasteiger partial charge in [-0.2, -0.15) is 0 Å². The van der Waals surface area contributed by atoms with E-state index in [2.05, 4.69) is 9.88 Å². The van der Waals surface area contributed by atoms with Crippen LogP contribution in [0.2, 0.25) is 0 Å². The largest absolute Gasteiger partial charge is 0.465 e. The Morgan fingerprint density at radius 2 is 2.00 bits per heavy atom. The van der Waals surface area contributed by atoms with Gasteiger partial charge in [-0.25, -0.2) is 4.79 Å². The van der Waals surface area contributed by atoms with Crippen molar-refractivity contribution >= 4 is 17.6 Å². The molecule has 0 radical (unpaired) electrons. The number of carboxylic acid groups (broad SMARTS) is 1. The molecule has 0 bridgehead atoms. The van der Waals surface area contributed by atoms with E-state index in [1.54, 1.807) is 6.07 Å². The Kier molecular flexibility index (Phi) is 3.15. The number of nitrogens with zero attached hydrogens (tertiary/aromatic N) is 4. The van der Waals surface area contributed by atoms with Crippen LogP contribution in [0.25, 0.3) is 0 Å². The molecule has 2 fully saturated rings. The van der Waals surface area contributed by atoms with Gasteiger partial charge in [-0.3, -0.25) is 0 Å². The summed E-state index contributed by atoms with van der Waals surface area (Å²) in [4.78, 5) is 28.3. The molecular weight excluding hydrogens is 276 g/mol. The lowest BCUT2D eigenvalue weighted by Gasteiger charge is -2.53. The van der Waals surface area contributed by atoms with E-state index in [1.165, 1.54) is 17.2 Å². The minimum absolute atomic E-state index is 0.128. The van der Waals surface area contributed by atoms with Gasteiger partial charge in [-0.1, -0.05) is 0 Å². The zero-order valence-corrected chi connectivity index (χ0v) is 11.4. The molecular formula is C13H16N4O4. The monoisotopic (exact) mass is 292 g/mol. The van der Waals surface area contributed by atoms with Gasteiger partial charge >= 0.3 is 11.9 Å². The van der Waals surface area contributed by atoms with Crippen molar-refractivity contribution in [3.05, 3.63) is 28.4 Å². The first-order chi connectivity index (χ1) is 9.99. The number of aromatic nitrogens is 1. The van der Waals surface area contributed by atoms with E-state index in [9.17, 15) is 14.9 Å². The lowest BCUT2D eigenvalue weighted by Crippen LogP contribution is -2.61. The summed E-state index contributed by atoms with van der Waals surface area (Å²) >= 11 is 0. The standard InChI is InChI=1S/C13H16N4O4/c18-12(19)16-8-13(9-16)3-5-15(6-4-13)10-1-2-11(14-7-10)17(20)21/h1-2,7H,3-6,8-9H2,(H,18,19). The fraction of sp³-hybridized carbons (Fsp3) is 0.538. The van der Waals surface area contributed by atoms with Crippen molar-refractivity contribution in [3.63, 3.8) is 0 Å². The summed E-state index contributed by atoms with van der Waals surface area (Å²) in [5, 5.41) is 19.5. The average molecular weight is 292 g/mol. The highest BCUT2D eigenvalue weighted by Crippen LogP contribution is 2.41. The summed E-state index contributed by atoms with van der Waals surface area (Å²) in [6, 6.07) is 3.13. The van der Waals surface area contributed by atoms with E-state index in [4.69, 9.17) is 5.11 Å². The zero-order chi connectivity index (χ0) is 15.0. The summed E-state index contributed by atoms with van der Waals surface area (Å²) in [5.74, 6) is -0.150. The van der Waals surface area contributed by atoms with Crippen LogP contribution in [-0.2, 0) is 0 Å². The van der Waals surface area contributed by atoms with Crippen molar-refractivity contribution in [1.29, 1.82) is 0 Å². The van der Waals surface area contributed by atoms with Gasteiger partial charge in [0, 0.05) is 37.7 Å². The van der Waals surface area contributed by atoms with Crippen LogP contribution in [0.5, 0.6) is 0 Å². The second kappa shape index (κ2) is 4.87. The quantitative estimate of drug-likeness (QED) is 0.656. The SMILES string of the molecule is O=C(O)N1CC2(CCN(c3ccc([N+](=O)[O-])nc3)CC2)C1. The van der Waals surface area contributed by atoms with Crippen molar-refractivity contribution in [2.75, 3.05) is 31.1 Å². The van der Waals surface area contributed by atoms with Crippen molar-refractivity contribution in [2.24, 2.45) is 5.41 Å². The highest BCUT2D eigenvalue weighted by Gasteiger charge is 2.46. The number of amides is 1. The molecule has 1 aromatic rings. The predicted molar refractivity (Wildman–Crippen MR) is 74.4 cm³/mol. The maximum Gasteiger partial charge on any atom is 0.407 e. The second-order valence-corrected chi connectivity index (χ2v) is 5.76. The molecule has 0 saturated carbocycles. The molecule has 8 heteroatoms. The van der Waals surface area contributed by atoms with Gasteiger partial charge in [-0.05, 0) is 28.8 Å². The van der Waals surface area contributed by atoms with Gasteiger partial charge in [0.05, 0.1) is 5.69 Å². The summed E-state index contributed by atoms with van der Waals surface area (Å²) < 4.78 is 0. The van der Waals surface area contributed by atoms with Gasteiger partial charge in [0.25, 0.3) is 0 Å². The van der Waals surface area contributed by atoms with Crippen molar-refractivity contribution in [3.8, 4) is 0 Å². The fourth-order valence-corrected chi connectivity index (χ4v) is 3.13. The highest BCUT2D eigenvalue weighted by molar-refractivity contribution is 5.66. The molecule has 8 nitrogen and oxygen atoms in total. The number of carbonyl (C=O) groups is 1. The molecule has 112 valence electrons. The van der Waals surface area contributed by atoms with E-state index < -0.39 is 11.0 Å². The smallest absolute Gasteiger partial charge is 0.407 e. The Hall–Kier alpha value is -2.38. The van der Waals surface area contributed by atoms with Crippen molar-refractivity contribution in [2.45, 2.75) is 12.8 Å². The number of rotatable bonds is 2. The number of pyridine rings is 1. The minimum Gasteiger partial charge on any atom is -0.465 e. The topological polar surface area (TPSA) is 99.8 Å². The van der Waals surface area contributed by atoms with Crippen LogP contribution in [0.15, 0.2) is 18.3 Å². The normalized spacial score (nSPS) is 20.2. The molecule has 3 heterocycles. The Labute approximate surface area is 121 Å². The average Bonchev–Trinajstić information content (AvgIpc) is 2.45. The van der Waals surface area contributed by atoms with Gasteiger partial charge in [0.15, 0.2) is 6.20 Å². The molecule has 1 spiro atoms. The predicted octanol–water partition coefficient (Wildman–Crippen LogP) is 1.57. The first kappa shape index (κ1) is 13.6. The number of likely N-dealkylation sites (tertiary alicyclic amines) is 1. The van der Waals surface area contributed by atoms with Crippen molar-refractivity contribution in [1.82, 2.24) is 9.88 Å². The number of hydrogen-bond acceptors (Lipinski definition) is 5. The van der Waals surface area contributed by atoms with E-state index in [-0.39, 0.29) is 11.2 Å². The Balaban J connectivity index is 1.59. The summed E-state index contributed by atoms with van der Waals surface area (Å²) in [5.41, 5.74) is 1.01. The first-order valence-electron chi connectivity index (χ1n) is 6.82. The van der Waals surface area contributed by atoms with Crippen LogP contribution in [0.4, 0.5) is 16.3 Å². The molecule has 21 heavy (non-hydrogen) atoms. The number of nitro groups is 1. The third kappa shape index (κ3) is 2.48. The molecule has 1 amide bonds. The Morgan fingerprint density at radius 1 is 1.33 bits per heavy atom. The van der Waals surface area contributed by atoms with Crippen molar-refractivity contribution < 1.29 is 14.8 Å². The summed E-state index contributed by atoms with van der Waals surface area (Å²) in [6.45, 7) is 2.89. The number of hydrogen-bond donors (Lipinski definition) is 1. The molecule has 3 rings (SSSR count). The maximum absolute atomic E-state index is 10.8. The molecule has 1 N–H and O–H groups in total. The van der Waals surface area contributed by atoms with E-state index in [1.807, 2.05) is 0 Å². The van der Waals surface area contributed by atoms with Crippen LogP contribution in [0.3, 0.4) is 0 Å². The van der Waals surface area contributed by atoms with Crippen LogP contribution in [-0.4, -0.2) is 52.2 Å². The summed E-state index contributed by atoms with van der Waals surface area (Å²) in [7, 11) is 0. The van der Waals surface area contributed by atoms with Crippen LogP contribution in [0, 0.1) is 15.5 Å². The molecule has 2 aliphatic rings. The van der Waals surface area contributed by atoms with E-state index in [0.29, 0.717) is 13.1 Å². The summed E-state index contributed by atoms with van der Waals surface area (Å²) in [6.07, 6.45) is 2.56. The van der Waals surface area contributed by atoms with Gasteiger partial charge in [0.2, 0.25) is 0 Å². The lowest BCUT2D eigenvalue weighted by atomic mass is 9.72. The maximum atomic E-state index is 10.8. The number of piperidine rings is 1. The van der Waals surface area contributed by atoms with Gasteiger partial charge in [-0.15, -0.1) is 0 Å². The van der Waals surface area contributed by atoms with E-state index in [0.717, 1.165) is 31.6 Å². The molecule has 0 aromatic carbocycles. The third-order valence-electron chi connectivity index (χ3n) is 4.43. The highest BCUT2D eigenvalue weighted by atomic mass is 16.6.